The van der Waals surface area contributed by atoms with Crippen molar-refractivity contribution in [2.75, 3.05) is 24.7 Å². The average molecular weight is 407 g/mol. The number of ether oxygens (including phenoxy) is 2. The number of hydrazine groups is 1. The summed E-state index contributed by atoms with van der Waals surface area (Å²) in [6.07, 6.45) is 4.40. The molecule has 0 bridgehead atoms. The van der Waals surface area contributed by atoms with Gasteiger partial charge in [-0.05, 0) is 48.4 Å². The summed E-state index contributed by atoms with van der Waals surface area (Å²) in [7, 11) is 0. The van der Waals surface area contributed by atoms with Gasteiger partial charge in [-0.2, -0.15) is 0 Å². The van der Waals surface area contributed by atoms with Gasteiger partial charge in [0.15, 0.2) is 11.5 Å². The Morgan fingerprint density at radius 1 is 0.967 bits per heavy atom. The second-order valence-corrected chi connectivity index (χ2v) is 6.88. The Balaban J connectivity index is 1.29. The topological polar surface area (TPSA) is 97.0 Å². The van der Waals surface area contributed by atoms with Gasteiger partial charge < -0.3 is 14.4 Å². The molecule has 0 aromatic heterocycles. The number of benzene rings is 2. The number of carbonyl (C=O) groups excluding carboxylic acids is 3. The lowest BCUT2D eigenvalue weighted by atomic mass is 10.2. The molecule has 2 aliphatic heterocycles. The van der Waals surface area contributed by atoms with E-state index in [1.165, 1.54) is 6.08 Å². The summed E-state index contributed by atoms with van der Waals surface area (Å²) in [5.74, 6) is 0.281. The van der Waals surface area contributed by atoms with E-state index in [0.29, 0.717) is 36.7 Å². The molecule has 0 spiro atoms. The molecule has 0 radical (unpaired) electrons. The molecule has 2 aliphatic rings. The van der Waals surface area contributed by atoms with Gasteiger partial charge in [0.1, 0.15) is 13.2 Å². The molecule has 30 heavy (non-hydrogen) atoms. The van der Waals surface area contributed by atoms with E-state index in [2.05, 4.69) is 10.9 Å². The Morgan fingerprint density at radius 3 is 2.47 bits per heavy atom. The highest BCUT2D eigenvalue weighted by molar-refractivity contribution is 5.98. The quantitative estimate of drug-likeness (QED) is 0.597. The van der Waals surface area contributed by atoms with E-state index in [1.807, 2.05) is 24.3 Å². The fourth-order valence-corrected chi connectivity index (χ4v) is 3.28. The Bertz CT molecular complexity index is 1000. The third-order valence-corrected chi connectivity index (χ3v) is 4.81. The zero-order chi connectivity index (χ0) is 20.9. The molecule has 2 heterocycles. The molecule has 0 unspecified atom stereocenters. The van der Waals surface area contributed by atoms with Crippen LogP contribution in [0.5, 0.6) is 11.5 Å². The Hall–Kier alpha value is -3.81. The molecule has 3 amide bonds. The summed E-state index contributed by atoms with van der Waals surface area (Å²) >= 11 is 0. The van der Waals surface area contributed by atoms with Gasteiger partial charge in [-0.25, -0.2) is 0 Å². The summed E-state index contributed by atoms with van der Waals surface area (Å²) in [5, 5.41) is 0. The van der Waals surface area contributed by atoms with Gasteiger partial charge in [-0.15, -0.1) is 0 Å². The van der Waals surface area contributed by atoms with Crippen molar-refractivity contribution < 1.29 is 23.9 Å². The molecule has 4 rings (SSSR count). The number of hydrogen-bond acceptors (Lipinski definition) is 5. The van der Waals surface area contributed by atoms with Gasteiger partial charge in [-0.3, -0.25) is 25.2 Å². The van der Waals surface area contributed by atoms with Crippen LogP contribution in [0, 0.1) is 0 Å². The lowest BCUT2D eigenvalue weighted by molar-refractivity contribution is -0.117. The van der Waals surface area contributed by atoms with E-state index in [0.717, 1.165) is 24.2 Å². The maximum Gasteiger partial charge on any atom is 0.269 e. The first-order chi connectivity index (χ1) is 14.6. The van der Waals surface area contributed by atoms with Crippen molar-refractivity contribution in [1.82, 2.24) is 10.9 Å². The van der Waals surface area contributed by atoms with E-state index < -0.39 is 11.8 Å². The summed E-state index contributed by atoms with van der Waals surface area (Å²) in [6, 6.07) is 12.2. The lowest BCUT2D eigenvalue weighted by Crippen LogP contribution is -2.40. The van der Waals surface area contributed by atoms with Gasteiger partial charge in [0, 0.05) is 30.3 Å². The van der Waals surface area contributed by atoms with E-state index in [-0.39, 0.29) is 5.91 Å². The first-order valence-electron chi connectivity index (χ1n) is 9.69. The van der Waals surface area contributed by atoms with Gasteiger partial charge in [-0.1, -0.05) is 12.1 Å². The SMILES string of the molecule is O=C(/C=C/c1ccc(N2CCCC2=O)cc1)NNC(=O)c1ccc2c(c1)OCCO2. The summed E-state index contributed by atoms with van der Waals surface area (Å²) < 4.78 is 10.9. The predicted molar refractivity (Wildman–Crippen MR) is 110 cm³/mol. The number of nitrogens with zero attached hydrogens (tertiary/aromatic N) is 1. The molecule has 8 heteroatoms. The van der Waals surface area contributed by atoms with Crippen LogP contribution in [-0.4, -0.2) is 37.5 Å². The predicted octanol–water partition coefficient (Wildman–Crippen LogP) is 2.06. The monoisotopic (exact) mass is 407 g/mol. The fourth-order valence-electron chi connectivity index (χ4n) is 3.28. The minimum Gasteiger partial charge on any atom is -0.486 e. The largest absolute Gasteiger partial charge is 0.486 e. The van der Waals surface area contributed by atoms with Crippen LogP contribution in [-0.2, 0) is 9.59 Å². The zero-order valence-corrected chi connectivity index (χ0v) is 16.2. The van der Waals surface area contributed by atoms with Gasteiger partial charge in [0.25, 0.3) is 11.8 Å². The van der Waals surface area contributed by atoms with Crippen LogP contribution in [0.1, 0.15) is 28.8 Å². The first kappa shape index (κ1) is 19.5. The van der Waals surface area contributed by atoms with Crippen LogP contribution in [0.3, 0.4) is 0 Å². The Morgan fingerprint density at radius 2 is 1.73 bits per heavy atom. The van der Waals surface area contributed by atoms with E-state index in [1.54, 1.807) is 29.2 Å². The number of rotatable bonds is 4. The van der Waals surface area contributed by atoms with Crippen molar-refractivity contribution in [2.45, 2.75) is 12.8 Å². The minimum absolute atomic E-state index is 0.131. The Labute approximate surface area is 173 Å². The molecule has 154 valence electrons. The normalized spacial score (nSPS) is 15.3. The van der Waals surface area contributed by atoms with Crippen molar-refractivity contribution in [3.8, 4) is 11.5 Å². The molecular formula is C22H21N3O5. The molecule has 2 aromatic carbocycles. The van der Waals surface area contributed by atoms with E-state index in [9.17, 15) is 14.4 Å². The van der Waals surface area contributed by atoms with E-state index >= 15 is 0 Å². The summed E-state index contributed by atoms with van der Waals surface area (Å²) in [6.45, 7) is 1.63. The smallest absolute Gasteiger partial charge is 0.269 e. The highest BCUT2D eigenvalue weighted by atomic mass is 16.6. The number of carbonyl (C=O) groups is 3. The van der Waals surface area contributed by atoms with Gasteiger partial charge >= 0.3 is 0 Å². The molecule has 0 saturated carbocycles. The third-order valence-electron chi connectivity index (χ3n) is 4.81. The Kier molecular flexibility index (Phi) is 5.65. The van der Waals surface area contributed by atoms with Gasteiger partial charge in [0.05, 0.1) is 0 Å². The second kappa shape index (κ2) is 8.69. The summed E-state index contributed by atoms with van der Waals surface area (Å²) in [5.41, 5.74) is 6.71. The highest BCUT2D eigenvalue weighted by Gasteiger charge is 2.21. The average Bonchev–Trinajstić information content (AvgIpc) is 3.21. The second-order valence-electron chi connectivity index (χ2n) is 6.88. The molecule has 2 N–H and O–H groups in total. The molecule has 1 saturated heterocycles. The van der Waals surface area contributed by atoms with Crippen LogP contribution in [0.4, 0.5) is 5.69 Å². The maximum absolute atomic E-state index is 12.2. The third kappa shape index (κ3) is 4.43. The number of hydrogen-bond donors (Lipinski definition) is 2. The van der Waals surface area contributed by atoms with Crippen LogP contribution >= 0.6 is 0 Å². The molecule has 0 atom stereocenters. The number of anilines is 1. The van der Waals surface area contributed by atoms with Crippen molar-refractivity contribution in [3.05, 3.63) is 59.7 Å². The maximum atomic E-state index is 12.2. The summed E-state index contributed by atoms with van der Waals surface area (Å²) in [4.78, 5) is 37.8. The number of amides is 3. The van der Waals surface area contributed by atoms with Crippen molar-refractivity contribution >= 4 is 29.5 Å². The first-order valence-corrected chi connectivity index (χ1v) is 9.69. The molecule has 8 nitrogen and oxygen atoms in total. The fraction of sp³-hybridized carbons (Fsp3) is 0.227. The molecule has 0 aliphatic carbocycles. The van der Waals surface area contributed by atoms with Crippen LogP contribution < -0.4 is 25.2 Å². The molecular weight excluding hydrogens is 386 g/mol. The van der Waals surface area contributed by atoms with Crippen LogP contribution in [0.2, 0.25) is 0 Å². The molecule has 2 aromatic rings. The van der Waals surface area contributed by atoms with Crippen LogP contribution in [0.15, 0.2) is 48.5 Å². The number of nitrogens with one attached hydrogen (secondary N) is 2. The van der Waals surface area contributed by atoms with E-state index in [4.69, 9.17) is 9.47 Å². The van der Waals surface area contributed by atoms with Crippen molar-refractivity contribution in [1.29, 1.82) is 0 Å². The minimum atomic E-state index is -0.473. The standard InChI is InChI=1S/C22H21N3O5/c26-20(10-5-15-3-7-17(8-4-15)25-11-1-2-21(25)27)23-24-22(28)16-6-9-18-19(14-16)30-13-12-29-18/h3-10,14H,1-2,11-13H2,(H,23,26)(H,24,28)/b10-5+. The van der Waals surface area contributed by atoms with Gasteiger partial charge in [0.2, 0.25) is 5.91 Å². The highest BCUT2D eigenvalue weighted by Crippen LogP contribution is 2.30. The number of fused-ring (bicyclic) bond motifs is 1. The van der Waals surface area contributed by atoms with Crippen molar-refractivity contribution in [2.24, 2.45) is 0 Å². The van der Waals surface area contributed by atoms with Crippen molar-refractivity contribution in [3.63, 3.8) is 0 Å². The van der Waals surface area contributed by atoms with Crippen LogP contribution in [0.25, 0.3) is 6.08 Å². The zero-order valence-electron chi connectivity index (χ0n) is 16.2. The molecule has 1 fully saturated rings. The lowest BCUT2D eigenvalue weighted by Gasteiger charge is -2.18.